The minimum Gasteiger partial charge on any atom is -0.303 e. The molecule has 17 heavy (non-hydrogen) atoms. The van der Waals surface area contributed by atoms with Gasteiger partial charge >= 0.3 is 0 Å². The van der Waals surface area contributed by atoms with Crippen LogP contribution in [0.15, 0.2) is 5.10 Å². The van der Waals surface area contributed by atoms with Crippen LogP contribution in [0.5, 0.6) is 0 Å². The molecule has 0 unspecified atom stereocenters. The molecule has 0 bridgehead atoms. The Bertz CT molecular complexity index is 197. The van der Waals surface area contributed by atoms with Gasteiger partial charge in [-0.1, -0.05) is 0 Å². The van der Waals surface area contributed by atoms with Gasteiger partial charge < -0.3 is 5.01 Å². The summed E-state index contributed by atoms with van der Waals surface area (Å²) in [5, 5.41) is 6.08. The molecule has 0 spiro atoms. The van der Waals surface area contributed by atoms with Crippen molar-refractivity contribution < 1.29 is 17.1 Å². The Morgan fingerprint density at radius 1 is 0.882 bits per heavy atom. The van der Waals surface area contributed by atoms with Gasteiger partial charge in [0.2, 0.25) is 0 Å². The van der Waals surface area contributed by atoms with E-state index >= 15 is 0 Å². The van der Waals surface area contributed by atoms with Gasteiger partial charge in [0, 0.05) is 42.8 Å². The van der Waals surface area contributed by atoms with E-state index in [1.165, 1.54) is 5.92 Å². The van der Waals surface area contributed by atoms with Crippen LogP contribution in [0.25, 0.3) is 0 Å². The van der Waals surface area contributed by atoms with Crippen molar-refractivity contribution in [2.75, 3.05) is 14.1 Å². The Labute approximate surface area is 118 Å². The minimum absolute atomic E-state index is 0. The molecule has 0 amide bonds. The summed E-state index contributed by atoms with van der Waals surface area (Å²) in [6, 6.07) is 0. The summed E-state index contributed by atoms with van der Waals surface area (Å²) in [5.41, 5.74) is 1.06. The summed E-state index contributed by atoms with van der Waals surface area (Å²) in [6.07, 6.45) is 18.2. The van der Waals surface area contributed by atoms with Crippen LogP contribution in [0.2, 0.25) is 0 Å². The van der Waals surface area contributed by atoms with Gasteiger partial charge in [-0.15, -0.1) is 0 Å². The number of nitrogens with zero attached hydrogens (tertiary/aromatic N) is 2. The van der Waals surface area contributed by atoms with E-state index in [-0.39, 0.29) is 17.1 Å². The molecule has 2 saturated carbocycles. The molecule has 0 aliphatic heterocycles. The van der Waals surface area contributed by atoms with Crippen molar-refractivity contribution in [3.8, 4) is 0 Å². The molecule has 0 aromatic heterocycles. The molecule has 10 radical (unpaired) electrons. The Kier molecular flexibility index (Phi) is 9.96. The summed E-state index contributed by atoms with van der Waals surface area (Å²) >= 11 is 0. The van der Waals surface area contributed by atoms with Gasteiger partial charge in [-0.3, -0.25) is 0 Å². The number of hydrogen-bond acceptors (Lipinski definition) is 2. The molecule has 0 N–H and O–H groups in total. The molecular formula is C14H18FeN2. The van der Waals surface area contributed by atoms with Crippen LogP contribution in [0.1, 0.15) is 6.92 Å². The fourth-order valence-corrected chi connectivity index (χ4v) is 1.29. The first kappa shape index (κ1) is 17.0. The predicted molar refractivity (Wildman–Crippen MR) is 68.7 cm³/mol. The van der Waals surface area contributed by atoms with Crippen molar-refractivity contribution in [2.45, 2.75) is 6.92 Å². The van der Waals surface area contributed by atoms with E-state index in [2.05, 4.69) is 17.9 Å². The molecule has 2 aliphatic rings. The Morgan fingerprint density at radius 3 is 1.65 bits per heavy atom. The van der Waals surface area contributed by atoms with Gasteiger partial charge in [0.1, 0.15) is 0 Å². The van der Waals surface area contributed by atoms with Crippen LogP contribution in [0.4, 0.5) is 0 Å². The molecule has 0 saturated heterocycles. The average molecular weight is 270 g/mol. The van der Waals surface area contributed by atoms with Gasteiger partial charge in [-0.2, -0.15) is 5.10 Å². The average Bonchev–Trinajstić information content (AvgIpc) is 2.94. The zero-order chi connectivity index (χ0) is 11.8. The first-order valence-corrected chi connectivity index (χ1v) is 5.31. The molecule has 0 aromatic carbocycles. The van der Waals surface area contributed by atoms with Crippen LogP contribution in [0, 0.1) is 63.7 Å². The van der Waals surface area contributed by atoms with Crippen LogP contribution in [-0.2, 0) is 17.1 Å². The van der Waals surface area contributed by atoms with Crippen LogP contribution in [0.3, 0.4) is 0 Å². The van der Waals surface area contributed by atoms with Crippen LogP contribution < -0.4 is 0 Å². The SMILES string of the molecule is C/C(=N\N(C)C)[C]1[CH][CH][CH][CH]1.[CH]1[CH][CH][CH][CH]1.[Fe]. The monoisotopic (exact) mass is 270 g/mol. The quantitative estimate of drug-likeness (QED) is 0.427. The molecule has 0 atom stereocenters. The molecule has 2 fully saturated rings. The van der Waals surface area contributed by atoms with Gasteiger partial charge in [-0.05, 0) is 64.7 Å². The predicted octanol–water partition coefficient (Wildman–Crippen LogP) is 2.35. The summed E-state index contributed by atoms with van der Waals surface area (Å²) in [5.74, 6) is 1.19. The van der Waals surface area contributed by atoms with Gasteiger partial charge in [0.05, 0.1) is 0 Å². The number of hydrogen-bond donors (Lipinski definition) is 0. The summed E-state index contributed by atoms with van der Waals surface area (Å²) in [4.78, 5) is 0. The van der Waals surface area contributed by atoms with Crippen molar-refractivity contribution in [3.05, 3.63) is 63.7 Å². The van der Waals surface area contributed by atoms with E-state index in [0.717, 1.165) is 5.71 Å². The molecule has 0 heterocycles. The molecular weight excluding hydrogens is 252 g/mol. The van der Waals surface area contributed by atoms with E-state index in [9.17, 15) is 0 Å². The summed E-state index contributed by atoms with van der Waals surface area (Å²) in [6.45, 7) is 2.01. The Balaban J connectivity index is 0.000000360. The molecule has 2 nitrogen and oxygen atoms in total. The van der Waals surface area contributed by atoms with Crippen molar-refractivity contribution in [3.63, 3.8) is 0 Å². The molecule has 3 heteroatoms. The largest absolute Gasteiger partial charge is 0.303 e. The third-order valence-corrected chi connectivity index (χ3v) is 1.99. The topological polar surface area (TPSA) is 15.6 Å². The number of hydrazone groups is 1. The van der Waals surface area contributed by atoms with E-state index in [0.29, 0.717) is 0 Å². The van der Waals surface area contributed by atoms with E-state index in [1.54, 1.807) is 0 Å². The maximum Gasteiger partial charge on any atom is 0.0426 e. The maximum atomic E-state index is 4.27. The maximum absolute atomic E-state index is 4.27. The van der Waals surface area contributed by atoms with E-state index in [1.807, 2.05) is 71.0 Å². The van der Waals surface area contributed by atoms with Crippen molar-refractivity contribution in [1.29, 1.82) is 0 Å². The van der Waals surface area contributed by atoms with Crippen molar-refractivity contribution >= 4 is 5.71 Å². The van der Waals surface area contributed by atoms with E-state index in [4.69, 9.17) is 0 Å². The molecule has 0 aromatic rings. The fraction of sp³-hybridized carbons (Fsp3) is 0.214. The smallest absolute Gasteiger partial charge is 0.0426 e. The van der Waals surface area contributed by atoms with Crippen molar-refractivity contribution in [2.24, 2.45) is 5.10 Å². The van der Waals surface area contributed by atoms with Crippen molar-refractivity contribution in [1.82, 2.24) is 5.01 Å². The van der Waals surface area contributed by atoms with Crippen LogP contribution in [-0.4, -0.2) is 24.8 Å². The summed E-state index contributed by atoms with van der Waals surface area (Å²) < 4.78 is 0. The van der Waals surface area contributed by atoms with Gasteiger partial charge in [-0.25, -0.2) is 0 Å². The first-order chi connectivity index (χ1) is 7.70. The molecule has 92 valence electrons. The second-order valence-electron chi connectivity index (χ2n) is 3.67. The third kappa shape index (κ3) is 7.83. The standard InChI is InChI=1S/C9H13N2.C5H5.Fe/c1-8(10-11(2)3)9-6-4-5-7-9;1-2-4-5-3-1;/h4-7H,1-3H3;1-5H;/b10-8+;;. The van der Waals surface area contributed by atoms with E-state index < -0.39 is 0 Å². The summed E-state index contributed by atoms with van der Waals surface area (Å²) in [7, 11) is 3.85. The van der Waals surface area contributed by atoms with Crippen LogP contribution >= 0.6 is 0 Å². The molecule has 2 aliphatic carbocycles. The second-order valence-corrected chi connectivity index (χ2v) is 3.67. The zero-order valence-electron chi connectivity index (χ0n) is 10.4. The fourth-order valence-electron chi connectivity index (χ4n) is 1.29. The van der Waals surface area contributed by atoms with Gasteiger partial charge in [0.15, 0.2) is 0 Å². The number of rotatable bonds is 2. The Hall–Kier alpha value is -0.0105. The van der Waals surface area contributed by atoms with Gasteiger partial charge in [0.25, 0.3) is 0 Å². The normalized spacial score (nSPS) is 20.5. The molecule has 2 rings (SSSR count). The first-order valence-electron chi connectivity index (χ1n) is 5.31. The zero-order valence-corrected chi connectivity index (χ0v) is 11.5. The third-order valence-electron chi connectivity index (χ3n) is 1.99. The second kappa shape index (κ2) is 9.96. The Morgan fingerprint density at radius 2 is 1.29 bits per heavy atom. The minimum atomic E-state index is 0.